The van der Waals surface area contributed by atoms with E-state index in [1.807, 2.05) is 30.3 Å². The van der Waals surface area contributed by atoms with E-state index in [0.717, 1.165) is 48.0 Å². The van der Waals surface area contributed by atoms with Crippen LogP contribution < -0.4 is 4.90 Å². The molecule has 1 fully saturated rings. The summed E-state index contributed by atoms with van der Waals surface area (Å²) in [4.78, 5) is 16.2. The highest BCUT2D eigenvalue weighted by Crippen LogP contribution is 2.33. The number of fused-ring (bicyclic) bond motifs is 1. The average Bonchev–Trinajstić information content (AvgIpc) is 2.73. The summed E-state index contributed by atoms with van der Waals surface area (Å²) in [6.45, 7) is 0.304. The van der Waals surface area contributed by atoms with Gasteiger partial charge in [0.15, 0.2) is 5.82 Å². The van der Waals surface area contributed by atoms with Gasteiger partial charge in [-0.1, -0.05) is 12.1 Å². The van der Waals surface area contributed by atoms with Crippen LogP contribution in [0.3, 0.4) is 0 Å². The number of aliphatic hydroxyl groups excluding tert-OH is 1. The highest BCUT2D eigenvalue weighted by molar-refractivity contribution is 5.91. The van der Waals surface area contributed by atoms with Crippen molar-refractivity contribution in [3.63, 3.8) is 0 Å². The predicted molar refractivity (Wildman–Crippen MR) is 104 cm³/mol. The Morgan fingerprint density at radius 1 is 1.04 bits per heavy atom. The van der Waals surface area contributed by atoms with Crippen molar-refractivity contribution in [3.05, 3.63) is 48.8 Å². The summed E-state index contributed by atoms with van der Waals surface area (Å²) in [7, 11) is 2.13. The monoisotopic (exact) mass is 348 g/mol. The SMILES string of the molecule is CN(c1nc(-c2cccnc2)nc2ccccc12)C1CCC(CO)CC1. The third kappa shape index (κ3) is 3.27. The van der Waals surface area contributed by atoms with Gasteiger partial charge in [0.25, 0.3) is 0 Å². The number of para-hydroxylation sites is 1. The third-order valence-electron chi connectivity index (χ3n) is 5.46. The van der Waals surface area contributed by atoms with Crippen molar-refractivity contribution in [1.82, 2.24) is 15.0 Å². The molecule has 1 aliphatic rings. The Kier molecular flexibility index (Phi) is 4.80. The van der Waals surface area contributed by atoms with Crippen LogP contribution in [0, 0.1) is 5.92 Å². The molecule has 5 nitrogen and oxygen atoms in total. The smallest absolute Gasteiger partial charge is 0.163 e. The van der Waals surface area contributed by atoms with Gasteiger partial charge >= 0.3 is 0 Å². The van der Waals surface area contributed by atoms with E-state index >= 15 is 0 Å². The Bertz CT molecular complexity index is 876. The van der Waals surface area contributed by atoms with Crippen molar-refractivity contribution >= 4 is 16.7 Å². The third-order valence-corrected chi connectivity index (χ3v) is 5.46. The number of benzene rings is 1. The van der Waals surface area contributed by atoms with E-state index in [9.17, 15) is 5.11 Å². The van der Waals surface area contributed by atoms with Crippen molar-refractivity contribution in [1.29, 1.82) is 0 Å². The molecule has 0 atom stereocenters. The summed E-state index contributed by atoms with van der Waals surface area (Å²) in [5.74, 6) is 2.14. The van der Waals surface area contributed by atoms with Crippen LogP contribution in [0.4, 0.5) is 5.82 Å². The van der Waals surface area contributed by atoms with E-state index < -0.39 is 0 Å². The van der Waals surface area contributed by atoms with E-state index in [1.54, 1.807) is 12.4 Å². The number of anilines is 1. The first-order chi connectivity index (χ1) is 12.8. The van der Waals surface area contributed by atoms with Crippen LogP contribution >= 0.6 is 0 Å². The van der Waals surface area contributed by atoms with E-state index in [-0.39, 0.29) is 0 Å². The molecule has 2 heterocycles. The van der Waals surface area contributed by atoms with Gasteiger partial charge in [-0.25, -0.2) is 9.97 Å². The fourth-order valence-corrected chi connectivity index (χ4v) is 3.84. The second-order valence-corrected chi connectivity index (χ2v) is 7.10. The molecule has 0 unspecified atom stereocenters. The Morgan fingerprint density at radius 2 is 1.85 bits per heavy atom. The molecule has 0 aliphatic heterocycles. The van der Waals surface area contributed by atoms with Crippen molar-refractivity contribution in [2.45, 2.75) is 31.7 Å². The molecule has 0 amide bonds. The normalized spacial score (nSPS) is 20.2. The van der Waals surface area contributed by atoms with Crippen LogP contribution in [-0.2, 0) is 0 Å². The largest absolute Gasteiger partial charge is 0.396 e. The summed E-state index contributed by atoms with van der Waals surface area (Å²) in [6.07, 6.45) is 7.88. The van der Waals surface area contributed by atoms with Crippen LogP contribution in [-0.4, -0.2) is 39.8 Å². The summed E-state index contributed by atoms with van der Waals surface area (Å²) in [5, 5.41) is 10.5. The standard InChI is InChI=1S/C21H24N4O/c1-25(17-10-8-15(14-26)9-11-17)21-18-6-2-3-7-19(18)23-20(24-21)16-5-4-12-22-13-16/h2-7,12-13,15,17,26H,8-11,14H2,1H3. The first-order valence-corrected chi connectivity index (χ1v) is 9.27. The lowest BCUT2D eigenvalue weighted by atomic mass is 9.86. The molecular formula is C21H24N4O. The maximum atomic E-state index is 9.40. The van der Waals surface area contributed by atoms with Gasteiger partial charge in [0.2, 0.25) is 0 Å². The topological polar surface area (TPSA) is 62.1 Å². The van der Waals surface area contributed by atoms with Gasteiger partial charge in [-0.15, -0.1) is 0 Å². The molecule has 26 heavy (non-hydrogen) atoms. The highest BCUT2D eigenvalue weighted by Gasteiger charge is 2.25. The van der Waals surface area contributed by atoms with Crippen LogP contribution in [0.2, 0.25) is 0 Å². The molecule has 4 rings (SSSR count). The molecule has 0 saturated heterocycles. The second kappa shape index (κ2) is 7.38. The second-order valence-electron chi connectivity index (χ2n) is 7.10. The number of rotatable bonds is 4. The van der Waals surface area contributed by atoms with E-state index in [4.69, 9.17) is 9.97 Å². The van der Waals surface area contributed by atoms with Gasteiger partial charge in [0.05, 0.1) is 5.52 Å². The zero-order chi connectivity index (χ0) is 17.9. The number of pyridine rings is 1. The lowest BCUT2D eigenvalue weighted by Gasteiger charge is -2.35. The summed E-state index contributed by atoms with van der Waals surface area (Å²) in [5.41, 5.74) is 1.88. The minimum absolute atomic E-state index is 0.304. The van der Waals surface area contributed by atoms with Crippen LogP contribution in [0.5, 0.6) is 0 Å². The maximum Gasteiger partial charge on any atom is 0.163 e. The highest BCUT2D eigenvalue weighted by atomic mass is 16.3. The van der Waals surface area contributed by atoms with Crippen LogP contribution in [0.25, 0.3) is 22.3 Å². The lowest BCUT2D eigenvalue weighted by Crippen LogP contribution is -2.36. The van der Waals surface area contributed by atoms with E-state index in [1.165, 1.54) is 0 Å². The Morgan fingerprint density at radius 3 is 2.58 bits per heavy atom. The average molecular weight is 348 g/mol. The lowest BCUT2D eigenvalue weighted by molar-refractivity contribution is 0.182. The number of hydrogen-bond donors (Lipinski definition) is 1. The number of nitrogens with zero attached hydrogens (tertiary/aromatic N) is 4. The van der Waals surface area contributed by atoms with Gasteiger partial charge in [-0.3, -0.25) is 4.98 Å². The van der Waals surface area contributed by atoms with Crippen molar-refractivity contribution in [2.75, 3.05) is 18.6 Å². The Labute approximate surface area is 153 Å². The van der Waals surface area contributed by atoms with E-state index in [2.05, 4.69) is 23.0 Å². The first-order valence-electron chi connectivity index (χ1n) is 9.27. The van der Waals surface area contributed by atoms with Gasteiger partial charge in [0.1, 0.15) is 5.82 Å². The van der Waals surface area contributed by atoms with Crippen LogP contribution in [0.15, 0.2) is 48.8 Å². The quantitative estimate of drug-likeness (QED) is 0.779. The maximum absolute atomic E-state index is 9.40. The fraction of sp³-hybridized carbons (Fsp3) is 0.381. The molecule has 1 aliphatic carbocycles. The molecular weight excluding hydrogens is 324 g/mol. The van der Waals surface area contributed by atoms with Crippen molar-refractivity contribution in [3.8, 4) is 11.4 Å². The van der Waals surface area contributed by atoms with Crippen LogP contribution in [0.1, 0.15) is 25.7 Å². The molecule has 2 aromatic heterocycles. The molecule has 0 spiro atoms. The Hall–Kier alpha value is -2.53. The molecule has 1 saturated carbocycles. The minimum Gasteiger partial charge on any atom is -0.396 e. The summed E-state index contributed by atoms with van der Waals surface area (Å²) in [6, 6.07) is 12.5. The van der Waals surface area contributed by atoms with Gasteiger partial charge in [0, 0.05) is 43.0 Å². The number of hydrogen-bond acceptors (Lipinski definition) is 5. The Balaban J connectivity index is 1.73. The summed E-state index contributed by atoms with van der Waals surface area (Å²) >= 11 is 0. The van der Waals surface area contributed by atoms with E-state index in [0.29, 0.717) is 24.4 Å². The molecule has 0 radical (unpaired) electrons. The van der Waals surface area contributed by atoms with Crippen molar-refractivity contribution < 1.29 is 5.11 Å². The number of aromatic nitrogens is 3. The van der Waals surface area contributed by atoms with Gasteiger partial charge in [-0.05, 0) is 55.9 Å². The van der Waals surface area contributed by atoms with Gasteiger partial charge < -0.3 is 10.0 Å². The molecule has 3 aromatic rings. The predicted octanol–water partition coefficient (Wildman–Crippen LogP) is 3.68. The minimum atomic E-state index is 0.304. The summed E-state index contributed by atoms with van der Waals surface area (Å²) < 4.78 is 0. The first kappa shape index (κ1) is 16.9. The number of aliphatic hydroxyl groups is 1. The molecule has 134 valence electrons. The molecule has 1 aromatic carbocycles. The zero-order valence-electron chi connectivity index (χ0n) is 15.0. The van der Waals surface area contributed by atoms with Gasteiger partial charge in [-0.2, -0.15) is 0 Å². The molecule has 5 heteroatoms. The molecule has 1 N–H and O–H groups in total. The van der Waals surface area contributed by atoms with Crippen molar-refractivity contribution in [2.24, 2.45) is 5.92 Å². The zero-order valence-corrected chi connectivity index (χ0v) is 15.0. The fourth-order valence-electron chi connectivity index (χ4n) is 3.84. The molecule has 0 bridgehead atoms.